The predicted molar refractivity (Wildman–Crippen MR) is 71.9 cm³/mol. The molecule has 2 unspecified atom stereocenters. The molecule has 2 rings (SSSR count). The molecule has 0 aliphatic carbocycles. The van der Waals surface area contributed by atoms with Crippen LogP contribution in [0.25, 0.3) is 0 Å². The highest BCUT2D eigenvalue weighted by Crippen LogP contribution is 2.41. The molecule has 1 aromatic rings. The van der Waals surface area contributed by atoms with Crippen molar-refractivity contribution in [2.24, 2.45) is 0 Å². The number of rotatable bonds is 2. The van der Waals surface area contributed by atoms with Gasteiger partial charge in [0, 0.05) is 0 Å². The van der Waals surface area contributed by atoms with Crippen LogP contribution in [0, 0.1) is 0 Å². The van der Waals surface area contributed by atoms with Crippen LogP contribution in [0.3, 0.4) is 0 Å². The van der Waals surface area contributed by atoms with Crippen molar-refractivity contribution in [2.75, 3.05) is 19.8 Å². The molecular formula is C9H9Br3O2S. The van der Waals surface area contributed by atoms with Crippen molar-refractivity contribution in [3.8, 4) is 0 Å². The van der Waals surface area contributed by atoms with Crippen molar-refractivity contribution in [2.45, 2.75) is 10.9 Å². The van der Waals surface area contributed by atoms with Gasteiger partial charge in [0.1, 0.15) is 0 Å². The molecule has 15 heavy (non-hydrogen) atoms. The standard InChI is InChI=1S/C9H9Br3O2S/c10-7-3-5(9(12)15-7)8(11)6-4-13-1-2-14-6/h3,6,8H,1-2,4H2. The average molecular weight is 421 g/mol. The quantitative estimate of drug-likeness (QED) is 0.670. The van der Waals surface area contributed by atoms with E-state index in [9.17, 15) is 0 Å². The Labute approximate surface area is 118 Å². The maximum atomic E-state index is 5.66. The molecule has 1 fully saturated rings. The molecule has 84 valence electrons. The van der Waals surface area contributed by atoms with Gasteiger partial charge in [-0.1, -0.05) is 15.9 Å². The maximum Gasteiger partial charge on any atom is 0.0975 e. The van der Waals surface area contributed by atoms with Crippen LogP contribution >= 0.6 is 59.1 Å². The minimum absolute atomic E-state index is 0.0940. The van der Waals surface area contributed by atoms with Gasteiger partial charge in [-0.2, -0.15) is 0 Å². The molecule has 2 heterocycles. The molecule has 0 saturated carbocycles. The molecule has 2 nitrogen and oxygen atoms in total. The molecule has 0 aromatic carbocycles. The summed E-state index contributed by atoms with van der Waals surface area (Å²) in [6, 6.07) is 2.10. The summed E-state index contributed by atoms with van der Waals surface area (Å²) in [4.78, 5) is 0.176. The van der Waals surface area contributed by atoms with E-state index in [1.54, 1.807) is 11.3 Å². The Balaban J connectivity index is 2.12. The largest absolute Gasteiger partial charge is 0.376 e. The van der Waals surface area contributed by atoms with Gasteiger partial charge in [0.05, 0.1) is 38.3 Å². The second-order valence-electron chi connectivity index (χ2n) is 3.17. The lowest BCUT2D eigenvalue weighted by molar-refractivity contribution is -0.0876. The van der Waals surface area contributed by atoms with E-state index in [0.717, 1.165) is 7.57 Å². The highest BCUT2D eigenvalue weighted by molar-refractivity contribution is 9.12. The van der Waals surface area contributed by atoms with Crippen molar-refractivity contribution >= 4 is 59.1 Å². The van der Waals surface area contributed by atoms with Gasteiger partial charge in [0.2, 0.25) is 0 Å². The lowest BCUT2D eigenvalue weighted by Gasteiger charge is -2.26. The van der Waals surface area contributed by atoms with Crippen molar-refractivity contribution in [3.05, 3.63) is 19.2 Å². The minimum atomic E-state index is 0.0940. The smallest absolute Gasteiger partial charge is 0.0975 e. The zero-order chi connectivity index (χ0) is 10.8. The number of thiophene rings is 1. The lowest BCUT2D eigenvalue weighted by Crippen LogP contribution is -2.31. The van der Waals surface area contributed by atoms with Crippen molar-refractivity contribution in [1.29, 1.82) is 0 Å². The molecule has 1 aromatic heterocycles. The molecule has 6 heteroatoms. The van der Waals surface area contributed by atoms with E-state index in [4.69, 9.17) is 9.47 Å². The molecule has 1 aliphatic rings. The van der Waals surface area contributed by atoms with Crippen LogP contribution in [-0.4, -0.2) is 25.9 Å². The molecule has 1 saturated heterocycles. The first-order valence-electron chi connectivity index (χ1n) is 4.46. The topological polar surface area (TPSA) is 18.5 Å². The number of ether oxygens (including phenoxy) is 2. The monoisotopic (exact) mass is 418 g/mol. The molecule has 1 aliphatic heterocycles. The van der Waals surface area contributed by atoms with Crippen LogP contribution in [-0.2, 0) is 9.47 Å². The Morgan fingerprint density at radius 1 is 1.40 bits per heavy atom. The van der Waals surface area contributed by atoms with Gasteiger partial charge >= 0.3 is 0 Å². The predicted octanol–water partition coefficient (Wildman–Crippen LogP) is 4.12. The van der Waals surface area contributed by atoms with E-state index in [1.807, 2.05) is 0 Å². The van der Waals surface area contributed by atoms with Crippen LogP contribution in [0.2, 0.25) is 0 Å². The average Bonchev–Trinajstić information content (AvgIpc) is 2.58. The molecule has 0 spiro atoms. The molecule has 2 atom stereocenters. The first-order valence-corrected chi connectivity index (χ1v) is 7.78. The summed E-state index contributed by atoms with van der Waals surface area (Å²) in [6.07, 6.45) is 0.0940. The summed E-state index contributed by atoms with van der Waals surface area (Å²) in [6.45, 7) is 2.02. The van der Waals surface area contributed by atoms with Gasteiger partial charge in [0.15, 0.2) is 0 Å². The van der Waals surface area contributed by atoms with E-state index in [2.05, 4.69) is 53.9 Å². The number of hydrogen-bond donors (Lipinski definition) is 0. The van der Waals surface area contributed by atoms with Gasteiger partial charge in [-0.15, -0.1) is 11.3 Å². The third-order valence-corrected chi connectivity index (χ3v) is 5.62. The first-order chi connectivity index (χ1) is 7.18. The lowest BCUT2D eigenvalue weighted by atomic mass is 10.1. The Hall–Kier alpha value is 1.06. The van der Waals surface area contributed by atoms with Crippen molar-refractivity contribution < 1.29 is 9.47 Å². The van der Waals surface area contributed by atoms with Gasteiger partial charge in [-0.25, -0.2) is 0 Å². The fourth-order valence-electron chi connectivity index (χ4n) is 1.42. The number of alkyl halides is 1. The summed E-state index contributed by atoms with van der Waals surface area (Å²) in [7, 11) is 0. The van der Waals surface area contributed by atoms with E-state index in [0.29, 0.717) is 19.8 Å². The molecule has 0 amide bonds. The Morgan fingerprint density at radius 3 is 2.73 bits per heavy atom. The number of halogens is 3. The zero-order valence-electron chi connectivity index (χ0n) is 7.71. The Morgan fingerprint density at radius 2 is 2.20 bits per heavy atom. The number of hydrogen-bond acceptors (Lipinski definition) is 3. The molecule has 0 N–H and O–H groups in total. The third-order valence-electron chi connectivity index (χ3n) is 2.15. The summed E-state index contributed by atoms with van der Waals surface area (Å²) < 4.78 is 13.3. The van der Waals surface area contributed by atoms with Crippen LogP contribution in [0.4, 0.5) is 0 Å². The minimum Gasteiger partial charge on any atom is -0.376 e. The summed E-state index contributed by atoms with van der Waals surface area (Å²) in [5.74, 6) is 0. The second kappa shape index (κ2) is 5.60. The first kappa shape index (κ1) is 12.5. The fraction of sp³-hybridized carbons (Fsp3) is 0.556. The van der Waals surface area contributed by atoms with Crippen LogP contribution in [0.15, 0.2) is 13.6 Å². The van der Waals surface area contributed by atoms with Gasteiger partial charge in [-0.3, -0.25) is 0 Å². The summed E-state index contributed by atoms with van der Waals surface area (Å²) in [5, 5.41) is 0. The maximum absolute atomic E-state index is 5.66. The van der Waals surface area contributed by atoms with Gasteiger partial charge < -0.3 is 9.47 Å². The SMILES string of the molecule is Brc1cc(C(Br)C2COCCO2)c(Br)s1. The molecular weight excluding hydrogens is 412 g/mol. The zero-order valence-corrected chi connectivity index (χ0v) is 13.3. The van der Waals surface area contributed by atoms with E-state index in [1.165, 1.54) is 5.56 Å². The van der Waals surface area contributed by atoms with E-state index >= 15 is 0 Å². The Bertz CT molecular complexity index is 336. The normalized spacial score (nSPS) is 24.1. The Kier molecular flexibility index (Phi) is 4.67. The van der Waals surface area contributed by atoms with Gasteiger partial charge in [-0.05, 0) is 43.5 Å². The van der Waals surface area contributed by atoms with Gasteiger partial charge in [0.25, 0.3) is 0 Å². The third kappa shape index (κ3) is 3.04. The van der Waals surface area contributed by atoms with Crippen molar-refractivity contribution in [3.63, 3.8) is 0 Å². The molecule has 0 bridgehead atoms. The van der Waals surface area contributed by atoms with E-state index in [-0.39, 0.29) is 10.9 Å². The van der Waals surface area contributed by atoms with E-state index < -0.39 is 0 Å². The van der Waals surface area contributed by atoms with Crippen LogP contribution in [0.1, 0.15) is 10.4 Å². The van der Waals surface area contributed by atoms with Crippen LogP contribution in [0.5, 0.6) is 0 Å². The highest BCUT2D eigenvalue weighted by Gasteiger charge is 2.26. The van der Waals surface area contributed by atoms with Crippen LogP contribution < -0.4 is 0 Å². The molecule has 0 radical (unpaired) electrons. The fourth-order valence-corrected chi connectivity index (χ4v) is 5.47. The van der Waals surface area contributed by atoms with Crippen molar-refractivity contribution in [1.82, 2.24) is 0 Å². The summed E-state index contributed by atoms with van der Waals surface area (Å²) >= 11 is 12.3. The summed E-state index contributed by atoms with van der Waals surface area (Å²) in [5.41, 5.74) is 1.21. The second-order valence-corrected chi connectivity index (χ2v) is 7.90. The highest BCUT2D eigenvalue weighted by atomic mass is 79.9.